The van der Waals surface area contributed by atoms with Gasteiger partial charge in [0.05, 0.1) is 6.54 Å². The van der Waals surface area contributed by atoms with Gasteiger partial charge in [0.15, 0.2) is 0 Å². The number of nitrogens with two attached hydrogens (primary N) is 1. The zero-order chi connectivity index (χ0) is 12.3. The highest BCUT2D eigenvalue weighted by molar-refractivity contribution is 5.68. The first-order valence-corrected chi connectivity index (χ1v) is 5.46. The molecule has 0 saturated carbocycles. The Kier molecular flexibility index (Phi) is 3.67. The van der Waals surface area contributed by atoms with Crippen LogP contribution < -0.4 is 11.1 Å². The third kappa shape index (κ3) is 3.32. The van der Waals surface area contributed by atoms with Crippen LogP contribution in [0, 0.1) is 0 Å². The van der Waals surface area contributed by atoms with Gasteiger partial charge in [0.25, 0.3) is 0 Å². The van der Waals surface area contributed by atoms with Crippen LogP contribution in [0.2, 0.25) is 0 Å². The molecule has 3 N–H and O–H groups in total. The fourth-order valence-electron chi connectivity index (χ4n) is 1.56. The van der Waals surface area contributed by atoms with Crippen molar-refractivity contribution in [1.29, 1.82) is 0 Å². The molecule has 1 rings (SSSR count). The Balaban J connectivity index is 2.59. The lowest BCUT2D eigenvalue weighted by molar-refractivity contribution is 0.0257. The van der Waals surface area contributed by atoms with Gasteiger partial charge in [-0.1, -0.05) is 0 Å². The highest BCUT2D eigenvalue weighted by atomic mass is 16.6. The van der Waals surface area contributed by atoms with Gasteiger partial charge in [-0.25, -0.2) is 4.79 Å². The van der Waals surface area contributed by atoms with Crippen molar-refractivity contribution in [3.8, 4) is 0 Å². The van der Waals surface area contributed by atoms with Crippen LogP contribution in [0.5, 0.6) is 0 Å². The molecule has 0 atom stereocenters. The number of carbonyl (C=O) groups excluding carboxylic acids is 1. The average Bonchev–Trinajstić information content (AvgIpc) is 2.15. The number of nitrogens with one attached hydrogen (secondary N) is 1. The zero-order valence-electron chi connectivity index (χ0n) is 10.5. The summed E-state index contributed by atoms with van der Waals surface area (Å²) in [6, 6.07) is 0. The average molecular weight is 227 g/mol. The van der Waals surface area contributed by atoms with Crippen LogP contribution in [-0.4, -0.2) is 36.7 Å². The maximum atomic E-state index is 11.8. The Hall–Kier alpha value is -1.39. The number of hydrogen-bond acceptors (Lipinski definition) is 4. The molecule has 1 amide bonds. The molecule has 0 aliphatic carbocycles. The van der Waals surface area contributed by atoms with E-state index in [0.29, 0.717) is 18.8 Å². The van der Waals surface area contributed by atoms with E-state index in [9.17, 15) is 4.79 Å². The lowest BCUT2D eigenvalue weighted by Crippen LogP contribution is -2.43. The van der Waals surface area contributed by atoms with Crippen LogP contribution in [0.1, 0.15) is 27.2 Å². The quantitative estimate of drug-likeness (QED) is 0.701. The van der Waals surface area contributed by atoms with Crippen molar-refractivity contribution in [2.45, 2.75) is 32.8 Å². The fraction of sp³-hybridized carbons (Fsp3) is 0.727. The topological polar surface area (TPSA) is 67.6 Å². The van der Waals surface area contributed by atoms with E-state index in [1.54, 1.807) is 4.90 Å². The van der Waals surface area contributed by atoms with Crippen LogP contribution in [0.4, 0.5) is 4.79 Å². The summed E-state index contributed by atoms with van der Waals surface area (Å²) in [6.07, 6.45) is 0.451. The van der Waals surface area contributed by atoms with Crippen LogP contribution in [0.3, 0.4) is 0 Å². The molecule has 1 aliphatic rings. The number of hydrogen-bond donors (Lipinski definition) is 2. The van der Waals surface area contributed by atoms with Crippen molar-refractivity contribution in [1.82, 2.24) is 10.2 Å². The van der Waals surface area contributed by atoms with Crippen molar-refractivity contribution in [2.75, 3.05) is 20.1 Å². The van der Waals surface area contributed by atoms with Crippen LogP contribution in [-0.2, 0) is 4.74 Å². The minimum absolute atomic E-state index is 0.300. The SMILES string of the molecule is CNC1=C(N)CN(C(=O)OC(C)(C)C)CC1. The van der Waals surface area contributed by atoms with E-state index >= 15 is 0 Å². The first-order valence-electron chi connectivity index (χ1n) is 5.46. The minimum atomic E-state index is -0.459. The smallest absolute Gasteiger partial charge is 0.410 e. The normalized spacial score (nSPS) is 17.4. The molecule has 1 heterocycles. The molecular weight excluding hydrogens is 206 g/mol. The summed E-state index contributed by atoms with van der Waals surface area (Å²) in [5, 5.41) is 3.04. The van der Waals surface area contributed by atoms with Gasteiger partial charge in [0, 0.05) is 31.4 Å². The minimum Gasteiger partial charge on any atom is -0.444 e. The van der Waals surface area contributed by atoms with Gasteiger partial charge in [-0.15, -0.1) is 0 Å². The third-order valence-electron chi connectivity index (χ3n) is 2.33. The Morgan fingerprint density at radius 3 is 2.56 bits per heavy atom. The zero-order valence-corrected chi connectivity index (χ0v) is 10.5. The highest BCUT2D eigenvalue weighted by Crippen LogP contribution is 2.15. The van der Waals surface area contributed by atoms with Crippen molar-refractivity contribution in [3.05, 3.63) is 11.4 Å². The van der Waals surface area contributed by atoms with E-state index in [1.165, 1.54) is 0 Å². The molecule has 0 aromatic heterocycles. The second-order valence-corrected chi connectivity index (χ2v) is 4.91. The van der Waals surface area contributed by atoms with Gasteiger partial charge in [-0.3, -0.25) is 0 Å². The molecule has 0 aromatic rings. The van der Waals surface area contributed by atoms with Crippen molar-refractivity contribution < 1.29 is 9.53 Å². The molecule has 0 unspecified atom stereocenters. The summed E-state index contributed by atoms with van der Waals surface area (Å²) in [5.41, 5.74) is 7.11. The second-order valence-electron chi connectivity index (χ2n) is 4.91. The molecule has 0 fully saturated rings. The summed E-state index contributed by atoms with van der Waals surface area (Å²) in [6.45, 7) is 6.64. The number of nitrogens with zero attached hydrogens (tertiary/aromatic N) is 1. The molecule has 92 valence electrons. The maximum absolute atomic E-state index is 11.8. The molecule has 5 nitrogen and oxygen atoms in total. The van der Waals surface area contributed by atoms with Crippen molar-refractivity contribution >= 4 is 6.09 Å². The molecule has 5 heteroatoms. The van der Waals surface area contributed by atoms with E-state index in [4.69, 9.17) is 10.5 Å². The monoisotopic (exact) mass is 227 g/mol. The molecular formula is C11H21N3O2. The van der Waals surface area contributed by atoms with Gasteiger partial charge >= 0.3 is 6.09 Å². The highest BCUT2D eigenvalue weighted by Gasteiger charge is 2.25. The number of amides is 1. The Morgan fingerprint density at radius 1 is 1.50 bits per heavy atom. The summed E-state index contributed by atoms with van der Waals surface area (Å²) in [5.74, 6) is 0. The molecule has 1 aliphatic heterocycles. The van der Waals surface area contributed by atoms with Crippen LogP contribution in [0.15, 0.2) is 11.4 Å². The van der Waals surface area contributed by atoms with Gasteiger partial charge < -0.3 is 20.7 Å². The number of ether oxygens (including phenoxy) is 1. The van der Waals surface area contributed by atoms with E-state index in [1.807, 2.05) is 27.8 Å². The first kappa shape index (κ1) is 12.7. The van der Waals surface area contributed by atoms with E-state index < -0.39 is 5.60 Å². The third-order valence-corrected chi connectivity index (χ3v) is 2.33. The van der Waals surface area contributed by atoms with E-state index in [0.717, 1.165) is 12.1 Å². The lowest BCUT2D eigenvalue weighted by Gasteiger charge is -2.31. The summed E-state index contributed by atoms with van der Waals surface area (Å²) in [7, 11) is 1.84. The molecule has 0 aromatic carbocycles. The Labute approximate surface area is 96.6 Å². The molecule has 0 saturated heterocycles. The second kappa shape index (κ2) is 4.63. The largest absolute Gasteiger partial charge is 0.444 e. The number of rotatable bonds is 1. The van der Waals surface area contributed by atoms with Gasteiger partial charge in [0.1, 0.15) is 5.60 Å². The van der Waals surface area contributed by atoms with Crippen molar-refractivity contribution in [3.63, 3.8) is 0 Å². The predicted octanol–water partition coefficient (Wildman–Crippen LogP) is 1.02. The predicted molar refractivity (Wildman–Crippen MR) is 62.7 cm³/mol. The number of carbonyl (C=O) groups is 1. The van der Waals surface area contributed by atoms with Crippen LogP contribution in [0.25, 0.3) is 0 Å². The van der Waals surface area contributed by atoms with E-state index in [2.05, 4.69) is 5.32 Å². The summed E-state index contributed by atoms with van der Waals surface area (Å²) < 4.78 is 5.28. The standard InChI is InChI=1S/C11H21N3O2/c1-11(2,3)16-10(15)14-6-5-9(13-4)8(12)7-14/h13H,5-7,12H2,1-4H3. The molecule has 0 radical (unpaired) electrons. The van der Waals surface area contributed by atoms with Crippen molar-refractivity contribution in [2.24, 2.45) is 5.73 Å². The Bertz CT molecular complexity index is 305. The molecule has 0 spiro atoms. The first-order chi connectivity index (χ1) is 7.33. The Morgan fingerprint density at radius 2 is 2.12 bits per heavy atom. The molecule has 0 bridgehead atoms. The summed E-state index contributed by atoms with van der Waals surface area (Å²) in [4.78, 5) is 13.4. The van der Waals surface area contributed by atoms with Gasteiger partial charge in [-0.05, 0) is 20.8 Å². The summed E-state index contributed by atoms with van der Waals surface area (Å²) >= 11 is 0. The van der Waals surface area contributed by atoms with E-state index in [-0.39, 0.29) is 6.09 Å². The lowest BCUT2D eigenvalue weighted by atomic mass is 10.1. The van der Waals surface area contributed by atoms with Crippen LogP contribution >= 0.6 is 0 Å². The fourth-order valence-corrected chi connectivity index (χ4v) is 1.56. The van der Waals surface area contributed by atoms with Gasteiger partial charge in [0.2, 0.25) is 0 Å². The molecule has 16 heavy (non-hydrogen) atoms. The maximum Gasteiger partial charge on any atom is 0.410 e. The van der Waals surface area contributed by atoms with Gasteiger partial charge in [-0.2, -0.15) is 0 Å².